The van der Waals surface area contributed by atoms with Gasteiger partial charge in [0, 0.05) is 12.0 Å². The van der Waals surface area contributed by atoms with Crippen LogP contribution in [0, 0.1) is 0 Å². The van der Waals surface area contributed by atoms with Crippen LogP contribution in [-0.4, -0.2) is 17.4 Å². The number of fused-ring (bicyclic) bond motifs is 1. The predicted molar refractivity (Wildman–Crippen MR) is 80.5 cm³/mol. The minimum atomic E-state index is 0.138. The first-order valence-corrected chi connectivity index (χ1v) is 7.10. The Morgan fingerprint density at radius 3 is 2.15 bits per heavy atom. The third-order valence-electron chi connectivity index (χ3n) is 4.46. The second-order valence-electron chi connectivity index (χ2n) is 5.49. The van der Waals surface area contributed by atoms with Crippen molar-refractivity contribution in [3.05, 3.63) is 71.3 Å². The summed E-state index contributed by atoms with van der Waals surface area (Å²) in [6.07, 6.45) is 0.987. The van der Waals surface area contributed by atoms with Crippen LogP contribution in [-0.2, 0) is 4.79 Å². The first-order valence-electron chi connectivity index (χ1n) is 7.10. The van der Waals surface area contributed by atoms with Crippen LogP contribution in [0.2, 0.25) is 0 Å². The Morgan fingerprint density at radius 1 is 0.900 bits per heavy atom. The van der Waals surface area contributed by atoms with E-state index in [2.05, 4.69) is 62.4 Å². The molecule has 0 saturated carbocycles. The van der Waals surface area contributed by atoms with E-state index in [0.717, 1.165) is 6.41 Å². The van der Waals surface area contributed by atoms with Crippen LogP contribution in [0.4, 0.5) is 0 Å². The van der Waals surface area contributed by atoms with Crippen molar-refractivity contribution in [1.29, 1.82) is 0 Å². The molecular weight excluding hydrogens is 246 g/mol. The standard InChI is InChI=1S/C18H19NO/c1-13-16-10-6-7-11-17(16)18(14(2)19(13)12-20)15-8-4-3-5-9-15/h3-14,18H,1-2H3/t13-,14+,18-/m0/s1. The first kappa shape index (κ1) is 12.9. The van der Waals surface area contributed by atoms with Crippen LogP contribution in [0.5, 0.6) is 0 Å². The number of amides is 1. The SMILES string of the molecule is C[C@@H]1[C@@H](c2ccccc2)c2ccccc2[C@H](C)N1C=O. The van der Waals surface area contributed by atoms with Gasteiger partial charge in [0.15, 0.2) is 0 Å². The van der Waals surface area contributed by atoms with Gasteiger partial charge in [0.2, 0.25) is 6.41 Å². The Hall–Kier alpha value is -2.09. The molecule has 102 valence electrons. The van der Waals surface area contributed by atoms with Gasteiger partial charge in [0.25, 0.3) is 0 Å². The zero-order valence-corrected chi connectivity index (χ0v) is 11.9. The second-order valence-corrected chi connectivity index (χ2v) is 5.49. The number of carbonyl (C=O) groups excluding carboxylic acids is 1. The van der Waals surface area contributed by atoms with E-state index in [1.165, 1.54) is 16.7 Å². The fraction of sp³-hybridized carbons (Fsp3) is 0.278. The van der Waals surface area contributed by atoms with Gasteiger partial charge in [0.1, 0.15) is 0 Å². The molecule has 0 aliphatic carbocycles. The van der Waals surface area contributed by atoms with Crippen LogP contribution in [0.1, 0.15) is 42.5 Å². The smallest absolute Gasteiger partial charge is 0.210 e. The van der Waals surface area contributed by atoms with Crippen LogP contribution >= 0.6 is 0 Å². The average molecular weight is 265 g/mol. The van der Waals surface area contributed by atoms with Crippen molar-refractivity contribution in [3.8, 4) is 0 Å². The Balaban J connectivity index is 2.17. The average Bonchev–Trinajstić information content (AvgIpc) is 2.49. The molecule has 1 amide bonds. The number of hydrogen-bond acceptors (Lipinski definition) is 1. The minimum absolute atomic E-state index is 0.138. The normalized spacial score (nSPS) is 25.1. The van der Waals surface area contributed by atoms with Crippen LogP contribution in [0.15, 0.2) is 54.6 Å². The van der Waals surface area contributed by atoms with E-state index in [4.69, 9.17) is 0 Å². The lowest BCUT2D eigenvalue weighted by molar-refractivity contribution is -0.123. The van der Waals surface area contributed by atoms with Crippen molar-refractivity contribution in [2.24, 2.45) is 0 Å². The van der Waals surface area contributed by atoms with Gasteiger partial charge < -0.3 is 4.90 Å². The van der Waals surface area contributed by atoms with E-state index < -0.39 is 0 Å². The number of carbonyl (C=O) groups is 1. The fourth-order valence-electron chi connectivity index (χ4n) is 3.43. The number of hydrogen-bond donors (Lipinski definition) is 0. The molecule has 2 aromatic rings. The maximum Gasteiger partial charge on any atom is 0.210 e. The van der Waals surface area contributed by atoms with E-state index in [9.17, 15) is 4.79 Å². The van der Waals surface area contributed by atoms with Gasteiger partial charge in [-0.1, -0.05) is 54.6 Å². The summed E-state index contributed by atoms with van der Waals surface area (Å²) >= 11 is 0. The molecule has 0 unspecified atom stereocenters. The fourth-order valence-corrected chi connectivity index (χ4v) is 3.43. The van der Waals surface area contributed by atoms with Gasteiger partial charge in [-0.25, -0.2) is 0 Å². The number of nitrogens with zero attached hydrogens (tertiary/aromatic N) is 1. The lowest BCUT2D eigenvalue weighted by Crippen LogP contribution is -2.43. The topological polar surface area (TPSA) is 20.3 Å². The zero-order chi connectivity index (χ0) is 14.1. The van der Waals surface area contributed by atoms with E-state index in [0.29, 0.717) is 0 Å². The summed E-state index contributed by atoms with van der Waals surface area (Å²) in [6.45, 7) is 4.24. The Bertz CT molecular complexity index is 608. The molecule has 1 aliphatic rings. The Labute approximate surface area is 120 Å². The third kappa shape index (κ3) is 1.92. The van der Waals surface area contributed by atoms with Gasteiger partial charge in [-0.15, -0.1) is 0 Å². The summed E-state index contributed by atoms with van der Waals surface area (Å²) in [4.78, 5) is 13.4. The molecule has 1 heterocycles. The molecule has 0 spiro atoms. The van der Waals surface area contributed by atoms with Gasteiger partial charge in [-0.3, -0.25) is 4.79 Å². The molecule has 0 N–H and O–H groups in total. The highest BCUT2D eigenvalue weighted by Gasteiger charge is 2.36. The maximum atomic E-state index is 11.5. The Morgan fingerprint density at radius 2 is 1.50 bits per heavy atom. The third-order valence-corrected chi connectivity index (χ3v) is 4.46. The molecule has 0 saturated heterocycles. The van der Waals surface area contributed by atoms with Crippen molar-refractivity contribution in [1.82, 2.24) is 4.90 Å². The molecule has 0 bridgehead atoms. The van der Waals surface area contributed by atoms with E-state index in [1.807, 2.05) is 11.0 Å². The van der Waals surface area contributed by atoms with Gasteiger partial charge in [0.05, 0.1) is 6.04 Å². The molecule has 3 atom stereocenters. The van der Waals surface area contributed by atoms with Crippen molar-refractivity contribution in [2.45, 2.75) is 31.8 Å². The van der Waals surface area contributed by atoms with Crippen LogP contribution in [0.25, 0.3) is 0 Å². The summed E-state index contributed by atoms with van der Waals surface area (Å²) < 4.78 is 0. The van der Waals surface area contributed by atoms with Crippen molar-refractivity contribution < 1.29 is 4.79 Å². The summed E-state index contributed by atoms with van der Waals surface area (Å²) in [5, 5.41) is 0. The van der Waals surface area contributed by atoms with Crippen LogP contribution < -0.4 is 0 Å². The first-order chi connectivity index (χ1) is 9.74. The van der Waals surface area contributed by atoms with Crippen LogP contribution in [0.3, 0.4) is 0 Å². The summed E-state index contributed by atoms with van der Waals surface area (Å²) in [5.41, 5.74) is 3.87. The lowest BCUT2D eigenvalue weighted by Gasteiger charge is -2.43. The van der Waals surface area contributed by atoms with Gasteiger partial charge >= 0.3 is 0 Å². The molecule has 0 radical (unpaired) electrons. The van der Waals surface area contributed by atoms with Crippen molar-refractivity contribution >= 4 is 6.41 Å². The molecule has 2 heteroatoms. The second kappa shape index (κ2) is 5.12. The Kier molecular flexibility index (Phi) is 3.31. The van der Waals surface area contributed by atoms with Gasteiger partial charge in [-0.05, 0) is 30.5 Å². The lowest BCUT2D eigenvalue weighted by atomic mass is 9.77. The summed E-state index contributed by atoms with van der Waals surface area (Å²) in [6, 6.07) is 19.2. The molecule has 20 heavy (non-hydrogen) atoms. The highest BCUT2D eigenvalue weighted by Crippen LogP contribution is 2.42. The van der Waals surface area contributed by atoms with E-state index >= 15 is 0 Å². The predicted octanol–water partition coefficient (Wildman–Crippen LogP) is 3.74. The largest absolute Gasteiger partial charge is 0.335 e. The number of benzene rings is 2. The minimum Gasteiger partial charge on any atom is -0.335 e. The molecular formula is C18H19NO. The molecule has 0 aromatic heterocycles. The molecule has 2 aromatic carbocycles. The zero-order valence-electron chi connectivity index (χ0n) is 11.9. The molecule has 1 aliphatic heterocycles. The molecule has 0 fully saturated rings. The molecule has 3 rings (SSSR count). The van der Waals surface area contributed by atoms with E-state index in [-0.39, 0.29) is 18.0 Å². The van der Waals surface area contributed by atoms with Crippen molar-refractivity contribution in [2.75, 3.05) is 0 Å². The molecule has 2 nitrogen and oxygen atoms in total. The summed E-state index contributed by atoms with van der Waals surface area (Å²) in [7, 11) is 0. The van der Waals surface area contributed by atoms with Crippen molar-refractivity contribution in [3.63, 3.8) is 0 Å². The highest BCUT2D eigenvalue weighted by molar-refractivity contribution is 5.54. The monoisotopic (exact) mass is 265 g/mol. The highest BCUT2D eigenvalue weighted by atomic mass is 16.1. The van der Waals surface area contributed by atoms with E-state index in [1.54, 1.807) is 0 Å². The quantitative estimate of drug-likeness (QED) is 0.757. The van der Waals surface area contributed by atoms with Gasteiger partial charge in [-0.2, -0.15) is 0 Å². The maximum absolute atomic E-state index is 11.5. The summed E-state index contributed by atoms with van der Waals surface area (Å²) in [5.74, 6) is 0.244. The number of rotatable bonds is 2.